The van der Waals surface area contributed by atoms with E-state index in [1.54, 1.807) is 6.20 Å². The summed E-state index contributed by atoms with van der Waals surface area (Å²) in [6.45, 7) is 1.07. The number of fused-ring (bicyclic) bond motifs is 2. The monoisotopic (exact) mass is 368 g/mol. The van der Waals surface area contributed by atoms with Crippen molar-refractivity contribution >= 4 is 5.91 Å². The van der Waals surface area contributed by atoms with Crippen LogP contribution in [0.15, 0.2) is 42.7 Å². The van der Waals surface area contributed by atoms with Crippen molar-refractivity contribution in [2.75, 3.05) is 13.1 Å². The fraction of sp³-hybridized carbons (Fsp3) is 0.524. The maximum atomic E-state index is 12.4. The molecule has 2 saturated heterocycles. The predicted molar refractivity (Wildman–Crippen MR) is 103 cm³/mol. The van der Waals surface area contributed by atoms with Crippen molar-refractivity contribution in [3.05, 3.63) is 54.1 Å². The number of carbonyl (C=O) groups excluding carboxylic acids is 1. The zero-order valence-corrected chi connectivity index (χ0v) is 15.8. The third-order valence-electron chi connectivity index (χ3n) is 6.06. The highest BCUT2D eigenvalue weighted by molar-refractivity contribution is 5.78. The van der Waals surface area contributed by atoms with Crippen molar-refractivity contribution in [2.45, 2.75) is 49.8 Å². The standard InChI is InChI=1S/C21H28N4O2/c1-24-12-11-23-20(24)21(27)13-17-7-8-18(14-21)25(17)15-19(26)22-10-9-16-5-3-2-4-6-16/h2-6,11-12,17-18,27H,7-10,13-15H2,1H3,(H,22,26)/t17-,18-/m1/s1. The summed E-state index contributed by atoms with van der Waals surface area (Å²) in [4.78, 5) is 19.1. The van der Waals surface area contributed by atoms with E-state index in [4.69, 9.17) is 0 Å². The summed E-state index contributed by atoms with van der Waals surface area (Å²) in [5.74, 6) is 0.816. The van der Waals surface area contributed by atoms with E-state index >= 15 is 0 Å². The second-order valence-corrected chi connectivity index (χ2v) is 7.94. The number of nitrogens with one attached hydrogen (secondary N) is 1. The third kappa shape index (κ3) is 3.77. The van der Waals surface area contributed by atoms with Gasteiger partial charge in [-0.1, -0.05) is 30.3 Å². The first-order valence-electron chi connectivity index (χ1n) is 9.82. The molecular weight excluding hydrogens is 340 g/mol. The summed E-state index contributed by atoms with van der Waals surface area (Å²) < 4.78 is 1.91. The van der Waals surface area contributed by atoms with Crippen molar-refractivity contribution in [1.29, 1.82) is 0 Å². The summed E-state index contributed by atoms with van der Waals surface area (Å²) in [6.07, 6.45) is 7.82. The molecule has 4 rings (SSSR count). The lowest BCUT2D eigenvalue weighted by molar-refractivity contribution is -0.126. The van der Waals surface area contributed by atoms with Gasteiger partial charge in [-0.25, -0.2) is 4.98 Å². The lowest BCUT2D eigenvalue weighted by atomic mass is 9.85. The summed E-state index contributed by atoms with van der Waals surface area (Å²) in [7, 11) is 1.93. The van der Waals surface area contributed by atoms with Gasteiger partial charge in [0.05, 0.1) is 6.54 Å². The number of nitrogens with zero attached hydrogens (tertiary/aromatic N) is 3. The Hall–Kier alpha value is -2.18. The number of hydrogen-bond donors (Lipinski definition) is 2. The Bertz CT molecular complexity index is 774. The van der Waals surface area contributed by atoms with Crippen LogP contribution in [0.4, 0.5) is 0 Å². The molecule has 0 spiro atoms. The molecule has 144 valence electrons. The maximum Gasteiger partial charge on any atom is 0.234 e. The van der Waals surface area contributed by atoms with Crippen LogP contribution in [0.5, 0.6) is 0 Å². The van der Waals surface area contributed by atoms with E-state index in [-0.39, 0.29) is 18.0 Å². The highest BCUT2D eigenvalue weighted by Gasteiger charge is 2.50. The molecular formula is C21H28N4O2. The normalized spacial score (nSPS) is 27.6. The molecule has 2 aromatic rings. The number of imidazole rings is 1. The Morgan fingerprint density at radius 3 is 2.59 bits per heavy atom. The fourth-order valence-electron chi connectivity index (χ4n) is 4.78. The molecule has 6 heteroatoms. The highest BCUT2D eigenvalue weighted by Crippen LogP contribution is 2.44. The van der Waals surface area contributed by atoms with E-state index in [0.29, 0.717) is 25.9 Å². The van der Waals surface area contributed by atoms with Crippen LogP contribution in [0.2, 0.25) is 0 Å². The number of piperidine rings is 1. The number of hydrogen-bond acceptors (Lipinski definition) is 4. The van der Waals surface area contributed by atoms with Gasteiger partial charge in [-0.2, -0.15) is 0 Å². The molecule has 0 unspecified atom stereocenters. The Morgan fingerprint density at radius 1 is 1.26 bits per heavy atom. The molecule has 27 heavy (non-hydrogen) atoms. The summed E-state index contributed by atoms with van der Waals surface area (Å²) in [5, 5.41) is 14.2. The number of benzene rings is 1. The summed E-state index contributed by atoms with van der Waals surface area (Å²) in [6, 6.07) is 10.7. The van der Waals surface area contributed by atoms with Crippen LogP contribution in [0.3, 0.4) is 0 Å². The van der Waals surface area contributed by atoms with Crippen molar-refractivity contribution < 1.29 is 9.90 Å². The van der Waals surface area contributed by atoms with Crippen molar-refractivity contribution in [3.63, 3.8) is 0 Å². The molecule has 2 bridgehead atoms. The zero-order chi connectivity index (χ0) is 18.9. The summed E-state index contributed by atoms with van der Waals surface area (Å²) in [5.41, 5.74) is 0.348. The first-order chi connectivity index (χ1) is 13.0. The Balaban J connectivity index is 1.32. The van der Waals surface area contributed by atoms with Crippen molar-refractivity contribution in [3.8, 4) is 0 Å². The molecule has 1 aromatic heterocycles. The molecule has 3 heterocycles. The maximum absolute atomic E-state index is 12.4. The Morgan fingerprint density at radius 2 is 1.96 bits per heavy atom. The fourth-order valence-corrected chi connectivity index (χ4v) is 4.78. The van der Waals surface area contributed by atoms with E-state index in [9.17, 15) is 9.90 Å². The van der Waals surface area contributed by atoms with Crippen LogP contribution < -0.4 is 5.32 Å². The number of aryl methyl sites for hydroxylation is 1. The van der Waals surface area contributed by atoms with Gasteiger partial charge >= 0.3 is 0 Å². The first-order valence-corrected chi connectivity index (χ1v) is 9.82. The van der Waals surface area contributed by atoms with E-state index < -0.39 is 5.60 Å². The second-order valence-electron chi connectivity index (χ2n) is 7.94. The number of amides is 1. The second kappa shape index (κ2) is 7.44. The van der Waals surface area contributed by atoms with E-state index in [2.05, 4.69) is 27.3 Å². The Labute approximate surface area is 160 Å². The number of aromatic nitrogens is 2. The van der Waals surface area contributed by atoms with Gasteiger partial charge in [0.15, 0.2) is 0 Å². The quantitative estimate of drug-likeness (QED) is 0.812. The smallest absolute Gasteiger partial charge is 0.234 e. The number of aliphatic hydroxyl groups is 1. The van der Waals surface area contributed by atoms with Crippen LogP contribution >= 0.6 is 0 Å². The molecule has 0 radical (unpaired) electrons. The van der Waals surface area contributed by atoms with Gasteiger partial charge in [0.25, 0.3) is 0 Å². The van der Waals surface area contributed by atoms with Crippen LogP contribution in [-0.2, 0) is 23.9 Å². The molecule has 2 atom stereocenters. The van der Waals surface area contributed by atoms with Crippen molar-refractivity contribution in [1.82, 2.24) is 19.8 Å². The average molecular weight is 368 g/mol. The SMILES string of the molecule is Cn1ccnc1C1(O)C[C@H]2CC[C@H](C1)N2CC(=O)NCCc1ccccc1. The molecule has 2 N–H and O–H groups in total. The summed E-state index contributed by atoms with van der Waals surface area (Å²) >= 11 is 0. The minimum Gasteiger partial charge on any atom is -0.382 e. The lowest BCUT2D eigenvalue weighted by Gasteiger charge is -2.43. The van der Waals surface area contributed by atoms with Gasteiger partial charge < -0.3 is 15.0 Å². The molecule has 2 aliphatic heterocycles. The highest BCUT2D eigenvalue weighted by atomic mass is 16.3. The van der Waals surface area contributed by atoms with Gasteiger partial charge in [0, 0.05) is 38.1 Å². The molecule has 1 amide bonds. The van der Waals surface area contributed by atoms with Crippen LogP contribution in [0.25, 0.3) is 0 Å². The van der Waals surface area contributed by atoms with Crippen molar-refractivity contribution in [2.24, 2.45) is 7.05 Å². The van der Waals surface area contributed by atoms with E-state index in [1.165, 1.54) is 5.56 Å². The minimum absolute atomic E-state index is 0.0743. The molecule has 6 nitrogen and oxygen atoms in total. The van der Waals surface area contributed by atoms with Gasteiger partial charge in [-0.15, -0.1) is 0 Å². The number of carbonyl (C=O) groups is 1. The van der Waals surface area contributed by atoms with E-state index in [1.807, 2.05) is 36.0 Å². The molecule has 0 aliphatic carbocycles. The molecule has 0 saturated carbocycles. The van der Waals surface area contributed by atoms with Gasteiger partial charge in [0.1, 0.15) is 11.4 Å². The first kappa shape index (κ1) is 18.2. The number of rotatable bonds is 6. The molecule has 2 aliphatic rings. The zero-order valence-electron chi connectivity index (χ0n) is 15.8. The van der Waals surface area contributed by atoms with Gasteiger partial charge in [-0.3, -0.25) is 9.69 Å². The van der Waals surface area contributed by atoms with Gasteiger partial charge in [-0.05, 0) is 37.7 Å². The van der Waals surface area contributed by atoms with E-state index in [0.717, 1.165) is 25.1 Å². The topological polar surface area (TPSA) is 70.4 Å². The van der Waals surface area contributed by atoms with Crippen LogP contribution in [0.1, 0.15) is 37.1 Å². The largest absolute Gasteiger partial charge is 0.382 e. The van der Waals surface area contributed by atoms with Crippen LogP contribution in [0, 0.1) is 0 Å². The lowest BCUT2D eigenvalue weighted by Crippen LogP contribution is -2.53. The third-order valence-corrected chi connectivity index (χ3v) is 6.06. The molecule has 1 aromatic carbocycles. The predicted octanol–water partition coefficient (Wildman–Crippen LogP) is 1.59. The van der Waals surface area contributed by atoms with Crippen LogP contribution in [-0.4, -0.2) is 50.6 Å². The Kier molecular flexibility index (Phi) is 5.02. The molecule has 2 fully saturated rings. The minimum atomic E-state index is -0.885. The average Bonchev–Trinajstić information content (AvgIpc) is 3.18. The van der Waals surface area contributed by atoms with Gasteiger partial charge in [0.2, 0.25) is 5.91 Å².